The van der Waals surface area contributed by atoms with Crippen molar-refractivity contribution >= 4 is 11.9 Å². The van der Waals surface area contributed by atoms with Gasteiger partial charge in [-0.05, 0) is 27.8 Å². The third-order valence-corrected chi connectivity index (χ3v) is 7.65. The van der Waals surface area contributed by atoms with Crippen LogP contribution < -0.4 is 5.32 Å². The van der Waals surface area contributed by atoms with E-state index in [0.717, 1.165) is 27.8 Å². The molecule has 4 nitrogen and oxygen atoms in total. The van der Waals surface area contributed by atoms with Crippen LogP contribution in [0.1, 0.15) is 40.2 Å². The third-order valence-electron chi connectivity index (χ3n) is 7.65. The maximum Gasteiger partial charge on any atom is 0.329 e. The molecule has 0 aliphatic heterocycles. The summed E-state index contributed by atoms with van der Waals surface area (Å²) in [5.41, 5.74) is 4.01. The van der Waals surface area contributed by atoms with Crippen molar-refractivity contribution in [1.29, 1.82) is 0 Å². The molecule has 1 atom stereocenters. The van der Waals surface area contributed by atoms with E-state index in [1.807, 2.05) is 115 Å². The molecular weight excluding hydrogens is 506 g/mol. The molecule has 0 spiro atoms. The number of nitrogens with one attached hydrogen (secondary N) is 1. The van der Waals surface area contributed by atoms with Crippen LogP contribution in [0.25, 0.3) is 0 Å². The van der Waals surface area contributed by atoms with Crippen LogP contribution in [0.4, 0.5) is 0 Å². The maximum absolute atomic E-state index is 14.3. The van der Waals surface area contributed by atoms with Gasteiger partial charge in [-0.1, -0.05) is 152 Å². The van der Waals surface area contributed by atoms with Crippen LogP contribution in [0.3, 0.4) is 0 Å². The minimum Gasteiger partial charge on any atom is -0.467 e. The Morgan fingerprint density at radius 1 is 0.585 bits per heavy atom. The smallest absolute Gasteiger partial charge is 0.329 e. The van der Waals surface area contributed by atoms with Crippen LogP contribution >= 0.6 is 0 Å². The molecule has 0 saturated heterocycles. The second kappa shape index (κ2) is 12.9. The molecule has 0 unspecified atom stereocenters. The van der Waals surface area contributed by atoms with Gasteiger partial charge in [0.2, 0.25) is 5.91 Å². The zero-order chi connectivity index (χ0) is 28.5. The van der Waals surface area contributed by atoms with Crippen molar-refractivity contribution in [3.8, 4) is 0 Å². The first-order valence-corrected chi connectivity index (χ1v) is 13.8. The van der Waals surface area contributed by atoms with Crippen molar-refractivity contribution in [2.75, 3.05) is 7.11 Å². The summed E-state index contributed by atoms with van der Waals surface area (Å²) in [5.74, 6) is -1.19. The average Bonchev–Trinajstić information content (AvgIpc) is 3.05. The zero-order valence-corrected chi connectivity index (χ0v) is 23.0. The van der Waals surface area contributed by atoms with Gasteiger partial charge in [-0.25, -0.2) is 4.79 Å². The number of carbonyl (C=O) groups excluding carboxylic acids is 2. The highest BCUT2D eigenvalue weighted by molar-refractivity contribution is 5.87. The van der Waals surface area contributed by atoms with Crippen LogP contribution in [0.2, 0.25) is 0 Å². The Morgan fingerprint density at radius 2 is 0.927 bits per heavy atom. The minimum absolute atomic E-state index is 0.0921. The summed E-state index contributed by atoms with van der Waals surface area (Å²) in [4.78, 5) is 27.6. The van der Waals surface area contributed by atoms with Crippen molar-refractivity contribution in [2.24, 2.45) is 0 Å². The molecule has 5 rings (SSSR count). The van der Waals surface area contributed by atoms with Crippen LogP contribution in [0.5, 0.6) is 0 Å². The summed E-state index contributed by atoms with van der Waals surface area (Å²) in [6.45, 7) is 0. The standard InChI is InChI=1S/C37H33NO3/c1-41-36(40)35(34(28-17-7-2-8-18-28)29-19-9-3-10-20-29)38-33(39)27-37(30-21-11-4-12-22-30,31-23-13-5-14-24-31)32-25-15-6-16-26-32/h2-26,34-35H,27H2,1H3,(H,38,39)/t35-/m0/s1. The fourth-order valence-electron chi connectivity index (χ4n) is 5.74. The van der Waals surface area contributed by atoms with E-state index >= 15 is 0 Å². The molecule has 204 valence electrons. The third kappa shape index (κ3) is 5.97. The molecule has 0 radical (unpaired) electrons. The number of benzene rings is 5. The molecule has 0 aliphatic carbocycles. The van der Waals surface area contributed by atoms with Gasteiger partial charge in [0, 0.05) is 12.3 Å². The molecule has 0 aliphatic rings. The molecule has 0 heterocycles. The van der Waals surface area contributed by atoms with Gasteiger partial charge in [0.15, 0.2) is 0 Å². The molecular formula is C37H33NO3. The largest absolute Gasteiger partial charge is 0.467 e. The van der Waals surface area contributed by atoms with Gasteiger partial charge in [0.25, 0.3) is 0 Å². The Morgan fingerprint density at radius 3 is 1.27 bits per heavy atom. The highest BCUT2D eigenvalue weighted by atomic mass is 16.5. The van der Waals surface area contributed by atoms with Gasteiger partial charge in [0.05, 0.1) is 12.5 Å². The lowest BCUT2D eigenvalue weighted by Gasteiger charge is -2.36. The molecule has 5 aromatic carbocycles. The highest BCUT2D eigenvalue weighted by Crippen LogP contribution is 2.42. The molecule has 4 heteroatoms. The summed E-state index contributed by atoms with van der Waals surface area (Å²) in [5, 5.41) is 3.12. The van der Waals surface area contributed by atoms with E-state index in [1.54, 1.807) is 0 Å². The lowest BCUT2D eigenvalue weighted by molar-refractivity contribution is -0.145. The van der Waals surface area contributed by atoms with Crippen LogP contribution in [-0.4, -0.2) is 25.0 Å². The Labute approximate surface area is 241 Å². The first-order chi connectivity index (χ1) is 20.1. The number of ether oxygens (including phenoxy) is 1. The van der Waals surface area contributed by atoms with Crippen LogP contribution in [0.15, 0.2) is 152 Å². The number of carbonyl (C=O) groups is 2. The second-order valence-electron chi connectivity index (χ2n) is 10.0. The Kier molecular flexibility index (Phi) is 8.70. The van der Waals surface area contributed by atoms with E-state index in [4.69, 9.17) is 4.74 Å². The normalized spacial score (nSPS) is 12.0. The van der Waals surface area contributed by atoms with Gasteiger partial charge < -0.3 is 10.1 Å². The quantitative estimate of drug-likeness (QED) is 0.155. The summed E-state index contributed by atoms with van der Waals surface area (Å²) in [7, 11) is 1.36. The predicted molar refractivity (Wildman–Crippen MR) is 162 cm³/mol. The first kappa shape index (κ1) is 27.6. The number of methoxy groups -OCH3 is 1. The Bertz CT molecular complexity index is 1400. The molecule has 0 bridgehead atoms. The van der Waals surface area contributed by atoms with Gasteiger partial charge in [-0.2, -0.15) is 0 Å². The van der Waals surface area contributed by atoms with Crippen molar-refractivity contribution in [1.82, 2.24) is 5.32 Å². The number of amides is 1. The molecule has 0 aromatic heterocycles. The zero-order valence-electron chi connectivity index (χ0n) is 23.0. The average molecular weight is 540 g/mol. The number of rotatable bonds is 10. The van der Waals surface area contributed by atoms with Crippen molar-refractivity contribution in [3.63, 3.8) is 0 Å². The summed E-state index contributed by atoms with van der Waals surface area (Å²) in [6, 6.07) is 48.8. The van der Waals surface area contributed by atoms with E-state index in [1.165, 1.54) is 7.11 Å². The second-order valence-corrected chi connectivity index (χ2v) is 10.0. The summed E-state index contributed by atoms with van der Waals surface area (Å²) >= 11 is 0. The van der Waals surface area contributed by atoms with Gasteiger partial charge in [-0.15, -0.1) is 0 Å². The van der Waals surface area contributed by atoms with Crippen LogP contribution in [0, 0.1) is 0 Å². The topological polar surface area (TPSA) is 55.4 Å². The Balaban J connectivity index is 1.60. The molecule has 5 aromatic rings. The molecule has 1 amide bonds. The number of esters is 1. The molecule has 1 N–H and O–H groups in total. The van der Waals surface area contributed by atoms with Gasteiger partial charge in [0.1, 0.15) is 6.04 Å². The molecule has 0 saturated carbocycles. The van der Waals surface area contributed by atoms with E-state index in [-0.39, 0.29) is 12.3 Å². The Hall–Kier alpha value is -4.96. The van der Waals surface area contributed by atoms with Crippen molar-refractivity contribution in [2.45, 2.75) is 23.8 Å². The highest BCUT2D eigenvalue weighted by Gasteiger charge is 2.40. The number of hydrogen-bond donors (Lipinski definition) is 1. The minimum atomic E-state index is -0.933. The van der Waals surface area contributed by atoms with E-state index in [0.29, 0.717) is 0 Å². The lowest BCUT2D eigenvalue weighted by atomic mass is 9.67. The molecule has 0 fully saturated rings. The molecule has 41 heavy (non-hydrogen) atoms. The fraction of sp³-hybridized carbons (Fsp3) is 0.135. The first-order valence-electron chi connectivity index (χ1n) is 13.8. The SMILES string of the molecule is COC(=O)[C@@H](NC(=O)CC(c1ccccc1)(c1ccccc1)c1ccccc1)C(c1ccccc1)c1ccccc1. The van der Waals surface area contributed by atoms with Crippen LogP contribution in [-0.2, 0) is 19.7 Å². The van der Waals surface area contributed by atoms with Crippen molar-refractivity contribution < 1.29 is 14.3 Å². The lowest BCUT2D eigenvalue weighted by Crippen LogP contribution is -2.48. The number of hydrogen-bond acceptors (Lipinski definition) is 3. The monoisotopic (exact) mass is 539 g/mol. The van der Waals surface area contributed by atoms with Gasteiger partial charge in [-0.3, -0.25) is 4.79 Å². The van der Waals surface area contributed by atoms with Crippen molar-refractivity contribution in [3.05, 3.63) is 179 Å². The van der Waals surface area contributed by atoms with Gasteiger partial charge >= 0.3 is 5.97 Å². The predicted octanol–water partition coefficient (Wildman–Crippen LogP) is 6.90. The van der Waals surface area contributed by atoms with E-state index in [2.05, 4.69) is 41.7 Å². The summed E-state index contributed by atoms with van der Waals surface area (Å²) < 4.78 is 5.27. The van der Waals surface area contributed by atoms with E-state index < -0.39 is 23.3 Å². The maximum atomic E-state index is 14.3. The van der Waals surface area contributed by atoms with E-state index in [9.17, 15) is 9.59 Å². The fourth-order valence-corrected chi connectivity index (χ4v) is 5.74. The summed E-state index contributed by atoms with van der Waals surface area (Å²) in [6.07, 6.45) is 0.0921.